The van der Waals surface area contributed by atoms with Crippen LogP contribution in [0.25, 0.3) is 0 Å². The number of hydrogen-bond donors (Lipinski definition) is 2. The van der Waals surface area contributed by atoms with Gasteiger partial charge in [0, 0.05) is 37.1 Å². The van der Waals surface area contributed by atoms with Crippen molar-refractivity contribution in [3.8, 4) is 0 Å². The predicted molar refractivity (Wildman–Crippen MR) is 82.0 cm³/mol. The number of carbonyl (C=O) groups is 1. The van der Waals surface area contributed by atoms with E-state index in [4.69, 9.17) is 5.11 Å². The lowest BCUT2D eigenvalue weighted by Crippen LogP contribution is -2.33. The van der Waals surface area contributed by atoms with E-state index in [0.717, 1.165) is 25.3 Å². The molecule has 0 aliphatic heterocycles. The van der Waals surface area contributed by atoms with Gasteiger partial charge < -0.3 is 15.3 Å². The average molecular weight is 294 g/mol. The third-order valence-corrected chi connectivity index (χ3v) is 5.85. The van der Waals surface area contributed by atoms with Gasteiger partial charge in [-0.1, -0.05) is 21.6 Å². The number of rotatable bonds is 10. The van der Waals surface area contributed by atoms with Gasteiger partial charge in [0.15, 0.2) is 0 Å². The summed E-state index contributed by atoms with van der Waals surface area (Å²) in [5.41, 5.74) is 0. The summed E-state index contributed by atoms with van der Waals surface area (Å²) >= 11 is 0. The molecule has 108 valence electrons. The zero-order valence-corrected chi connectivity index (χ0v) is 13.5. The van der Waals surface area contributed by atoms with Crippen molar-refractivity contribution in [2.75, 3.05) is 39.5 Å². The Morgan fingerprint density at radius 1 is 1.44 bits per heavy atom. The Kier molecular flexibility index (Phi) is 10.00. The number of nitrogens with zero attached hydrogens (tertiary/aromatic N) is 1. The number of aliphatic hydroxyl groups excluding tert-OH is 1. The van der Waals surface area contributed by atoms with E-state index in [9.17, 15) is 4.79 Å². The fourth-order valence-corrected chi connectivity index (χ4v) is 3.63. The van der Waals surface area contributed by atoms with Crippen molar-refractivity contribution in [2.24, 2.45) is 0 Å². The van der Waals surface area contributed by atoms with E-state index in [0.29, 0.717) is 6.42 Å². The Balaban J connectivity index is 3.87. The standard InChI is InChI=1S/C12H26N2O2S2/c1-12(2,18-17-10-9-15)6-5-11(16)14(4)8-7-13-3/h13,15H,5-10H2,1-4H3. The van der Waals surface area contributed by atoms with Crippen LogP contribution >= 0.6 is 21.6 Å². The van der Waals surface area contributed by atoms with Gasteiger partial charge in [-0.05, 0) is 27.3 Å². The lowest BCUT2D eigenvalue weighted by molar-refractivity contribution is -0.130. The Morgan fingerprint density at radius 3 is 2.67 bits per heavy atom. The Morgan fingerprint density at radius 2 is 2.11 bits per heavy atom. The van der Waals surface area contributed by atoms with Crippen molar-refractivity contribution in [3.05, 3.63) is 0 Å². The van der Waals surface area contributed by atoms with Crippen LogP contribution < -0.4 is 5.32 Å². The van der Waals surface area contributed by atoms with Crippen LogP contribution in [0, 0.1) is 0 Å². The maximum absolute atomic E-state index is 11.9. The maximum atomic E-state index is 11.9. The molecule has 0 radical (unpaired) electrons. The molecule has 0 saturated carbocycles. The fourth-order valence-electron chi connectivity index (χ4n) is 1.28. The molecule has 0 unspecified atom stereocenters. The van der Waals surface area contributed by atoms with Gasteiger partial charge in [0.05, 0.1) is 6.61 Å². The van der Waals surface area contributed by atoms with Crippen LogP contribution in [0.2, 0.25) is 0 Å². The maximum Gasteiger partial charge on any atom is 0.222 e. The Labute approximate surface area is 119 Å². The smallest absolute Gasteiger partial charge is 0.222 e. The molecule has 1 amide bonds. The molecule has 2 N–H and O–H groups in total. The van der Waals surface area contributed by atoms with Gasteiger partial charge in [0.25, 0.3) is 0 Å². The van der Waals surface area contributed by atoms with E-state index in [2.05, 4.69) is 19.2 Å². The molecule has 0 aliphatic rings. The predicted octanol–water partition coefficient (Wildman–Crippen LogP) is 1.60. The van der Waals surface area contributed by atoms with Crippen molar-refractivity contribution >= 4 is 27.5 Å². The van der Waals surface area contributed by atoms with Gasteiger partial charge in [-0.15, -0.1) is 0 Å². The summed E-state index contributed by atoms with van der Waals surface area (Å²) in [5, 5.41) is 11.8. The lowest BCUT2D eigenvalue weighted by Gasteiger charge is -2.24. The third kappa shape index (κ3) is 9.08. The number of amides is 1. The summed E-state index contributed by atoms with van der Waals surface area (Å²) in [6.45, 7) is 6.07. The van der Waals surface area contributed by atoms with E-state index in [1.807, 2.05) is 14.1 Å². The molecule has 0 bridgehead atoms. The van der Waals surface area contributed by atoms with Crippen molar-refractivity contribution < 1.29 is 9.90 Å². The van der Waals surface area contributed by atoms with Gasteiger partial charge in [-0.3, -0.25) is 4.79 Å². The molecule has 0 spiro atoms. The van der Waals surface area contributed by atoms with Gasteiger partial charge in [-0.2, -0.15) is 0 Å². The first-order valence-electron chi connectivity index (χ1n) is 6.23. The van der Waals surface area contributed by atoms with E-state index < -0.39 is 0 Å². The van der Waals surface area contributed by atoms with E-state index in [-0.39, 0.29) is 17.3 Å². The zero-order valence-electron chi connectivity index (χ0n) is 11.9. The number of aliphatic hydroxyl groups is 1. The highest BCUT2D eigenvalue weighted by molar-refractivity contribution is 8.77. The molecule has 0 aromatic carbocycles. The van der Waals surface area contributed by atoms with Crippen LogP contribution in [0.5, 0.6) is 0 Å². The highest BCUT2D eigenvalue weighted by atomic mass is 33.1. The first-order chi connectivity index (χ1) is 8.43. The minimum atomic E-state index is 0.0688. The number of hydrogen-bond acceptors (Lipinski definition) is 5. The largest absolute Gasteiger partial charge is 0.395 e. The lowest BCUT2D eigenvalue weighted by atomic mass is 10.1. The molecule has 0 aromatic heterocycles. The van der Waals surface area contributed by atoms with Gasteiger partial charge in [-0.25, -0.2) is 0 Å². The normalized spacial score (nSPS) is 11.6. The van der Waals surface area contributed by atoms with Crippen LogP contribution in [0.4, 0.5) is 0 Å². The number of nitrogens with one attached hydrogen (secondary N) is 1. The van der Waals surface area contributed by atoms with Gasteiger partial charge in [0.1, 0.15) is 0 Å². The monoisotopic (exact) mass is 294 g/mol. The minimum Gasteiger partial charge on any atom is -0.395 e. The van der Waals surface area contributed by atoms with Crippen molar-refractivity contribution in [1.29, 1.82) is 0 Å². The second-order valence-corrected chi connectivity index (χ2v) is 7.93. The van der Waals surface area contributed by atoms with Gasteiger partial charge in [0.2, 0.25) is 5.91 Å². The Bertz CT molecular complexity index is 238. The highest BCUT2D eigenvalue weighted by Crippen LogP contribution is 2.38. The molecule has 0 atom stereocenters. The van der Waals surface area contributed by atoms with Crippen molar-refractivity contribution in [1.82, 2.24) is 10.2 Å². The van der Waals surface area contributed by atoms with Crippen LogP contribution in [-0.2, 0) is 4.79 Å². The van der Waals surface area contributed by atoms with Crippen LogP contribution in [0.3, 0.4) is 0 Å². The molecule has 0 rings (SSSR count). The summed E-state index contributed by atoms with van der Waals surface area (Å²) in [4.78, 5) is 13.6. The fraction of sp³-hybridized carbons (Fsp3) is 0.917. The summed E-state index contributed by atoms with van der Waals surface area (Å²) in [5.74, 6) is 0.940. The van der Waals surface area contributed by atoms with Crippen molar-refractivity contribution in [3.63, 3.8) is 0 Å². The molecular formula is C12H26N2O2S2. The first-order valence-corrected chi connectivity index (χ1v) is 8.55. The summed E-state index contributed by atoms with van der Waals surface area (Å²) in [6.07, 6.45) is 1.44. The summed E-state index contributed by atoms with van der Waals surface area (Å²) in [7, 11) is 7.15. The zero-order chi connectivity index (χ0) is 14.0. The topological polar surface area (TPSA) is 52.6 Å². The quantitative estimate of drug-likeness (QED) is 0.473. The second kappa shape index (κ2) is 9.95. The average Bonchev–Trinajstić information content (AvgIpc) is 2.33. The summed E-state index contributed by atoms with van der Waals surface area (Å²) in [6, 6.07) is 0. The molecule has 0 fully saturated rings. The molecule has 4 nitrogen and oxygen atoms in total. The van der Waals surface area contributed by atoms with E-state index in [1.165, 1.54) is 0 Å². The number of likely N-dealkylation sites (N-methyl/N-ethyl adjacent to an activating group) is 2. The second-order valence-electron chi connectivity index (χ2n) is 4.81. The Hall–Kier alpha value is 0.0900. The molecule has 0 aliphatic carbocycles. The van der Waals surface area contributed by atoms with E-state index in [1.54, 1.807) is 26.5 Å². The first kappa shape index (κ1) is 18.1. The molecule has 18 heavy (non-hydrogen) atoms. The van der Waals surface area contributed by atoms with E-state index >= 15 is 0 Å². The third-order valence-electron chi connectivity index (χ3n) is 2.52. The van der Waals surface area contributed by atoms with Gasteiger partial charge >= 0.3 is 0 Å². The van der Waals surface area contributed by atoms with Crippen LogP contribution in [0.15, 0.2) is 0 Å². The molecule has 6 heteroatoms. The van der Waals surface area contributed by atoms with Crippen LogP contribution in [0.1, 0.15) is 26.7 Å². The van der Waals surface area contributed by atoms with Crippen molar-refractivity contribution in [2.45, 2.75) is 31.4 Å². The summed E-state index contributed by atoms with van der Waals surface area (Å²) < 4.78 is 0.0688. The molecular weight excluding hydrogens is 268 g/mol. The van der Waals surface area contributed by atoms with Crippen LogP contribution in [-0.4, -0.2) is 60.2 Å². The number of carbonyl (C=O) groups excluding carboxylic acids is 1. The SMILES string of the molecule is CNCCN(C)C(=O)CCC(C)(C)SSCCO. The minimum absolute atomic E-state index is 0.0688. The molecule has 0 saturated heterocycles. The molecule has 0 heterocycles. The molecule has 0 aromatic rings. The highest BCUT2D eigenvalue weighted by Gasteiger charge is 2.21.